The van der Waals surface area contributed by atoms with Crippen LogP contribution in [0.3, 0.4) is 0 Å². The monoisotopic (exact) mass is 145 g/mol. The zero-order valence-corrected chi connectivity index (χ0v) is 6.72. The molecule has 1 aliphatic carbocycles. The molecule has 0 aromatic rings. The average Bonchev–Trinajstić information content (AvgIpc) is 2.45. The maximum absolute atomic E-state index is 8.77. The van der Waals surface area contributed by atoms with Crippen LogP contribution in [0, 0.1) is 11.3 Å². The third-order valence-corrected chi connectivity index (χ3v) is 2.01. The maximum Gasteiger partial charge on any atom is 0.0997 e. The van der Waals surface area contributed by atoms with Crippen LogP contribution in [0.4, 0.5) is 0 Å². The van der Waals surface area contributed by atoms with E-state index in [9.17, 15) is 0 Å². The molecule has 1 heteroatoms. The first-order valence-electron chi connectivity index (χ1n) is 3.74. The summed E-state index contributed by atoms with van der Waals surface area (Å²) in [5.74, 6) is 0. The molecule has 1 rings (SSSR count). The fraction of sp³-hybridized carbons (Fsp3) is 0.300. The van der Waals surface area contributed by atoms with Crippen molar-refractivity contribution in [1.82, 2.24) is 0 Å². The van der Waals surface area contributed by atoms with Crippen LogP contribution >= 0.6 is 0 Å². The third-order valence-electron chi connectivity index (χ3n) is 2.01. The second-order valence-electron chi connectivity index (χ2n) is 2.53. The Balaban J connectivity index is 3.09. The summed E-state index contributed by atoms with van der Waals surface area (Å²) in [5, 5.41) is 8.77. The van der Waals surface area contributed by atoms with Gasteiger partial charge in [-0.25, -0.2) is 0 Å². The van der Waals surface area contributed by atoms with E-state index >= 15 is 0 Å². The van der Waals surface area contributed by atoms with E-state index in [1.54, 1.807) is 6.08 Å². The smallest absolute Gasteiger partial charge is 0.0997 e. The number of hydrogen-bond acceptors (Lipinski definition) is 1. The predicted octanol–water partition coefficient (Wildman–Crippen LogP) is 2.73. The van der Waals surface area contributed by atoms with E-state index in [0.717, 1.165) is 24.0 Å². The summed E-state index contributed by atoms with van der Waals surface area (Å²) in [6.07, 6.45) is 5.77. The van der Waals surface area contributed by atoms with Crippen molar-refractivity contribution >= 4 is 0 Å². The van der Waals surface area contributed by atoms with Crippen LogP contribution < -0.4 is 0 Å². The summed E-state index contributed by atoms with van der Waals surface area (Å²) in [4.78, 5) is 0. The highest BCUT2D eigenvalue weighted by Crippen LogP contribution is 2.30. The van der Waals surface area contributed by atoms with E-state index in [-0.39, 0.29) is 0 Å². The third kappa shape index (κ3) is 1.25. The minimum Gasteiger partial charge on any atom is -0.192 e. The SMILES string of the molecule is C=CC1=C(C#N)C(=CC)CC1. The number of allylic oxidation sites excluding steroid dienone is 5. The Kier molecular flexibility index (Phi) is 2.28. The minimum absolute atomic E-state index is 0.836. The Labute approximate surface area is 67.3 Å². The van der Waals surface area contributed by atoms with Gasteiger partial charge in [-0.2, -0.15) is 5.26 Å². The Hall–Kier alpha value is -1.29. The first-order valence-corrected chi connectivity index (χ1v) is 3.74. The lowest BCUT2D eigenvalue weighted by atomic mass is 10.1. The quantitative estimate of drug-likeness (QED) is 0.556. The van der Waals surface area contributed by atoms with Gasteiger partial charge in [0.05, 0.1) is 11.6 Å². The second-order valence-corrected chi connectivity index (χ2v) is 2.53. The lowest BCUT2D eigenvalue weighted by molar-refractivity contribution is 1.03. The number of nitrogens with zero attached hydrogens (tertiary/aromatic N) is 1. The van der Waals surface area contributed by atoms with Gasteiger partial charge in [0.15, 0.2) is 0 Å². The molecule has 0 aliphatic heterocycles. The van der Waals surface area contributed by atoms with Crippen molar-refractivity contribution in [3.8, 4) is 6.07 Å². The maximum atomic E-state index is 8.77. The molecule has 0 aromatic heterocycles. The summed E-state index contributed by atoms with van der Waals surface area (Å²) >= 11 is 0. The molecular weight excluding hydrogens is 134 g/mol. The molecule has 0 amide bonds. The Morgan fingerprint density at radius 1 is 1.55 bits per heavy atom. The number of nitriles is 1. The molecule has 0 radical (unpaired) electrons. The standard InChI is InChI=1S/C10H11N/c1-3-8-5-6-9(4-2)10(8)7-11/h3-4H,1,5-6H2,2H3. The minimum atomic E-state index is 0.836. The molecule has 1 aliphatic rings. The second kappa shape index (κ2) is 3.21. The summed E-state index contributed by atoms with van der Waals surface area (Å²) < 4.78 is 0. The molecule has 0 saturated heterocycles. The number of rotatable bonds is 1. The van der Waals surface area contributed by atoms with Crippen molar-refractivity contribution < 1.29 is 0 Å². The van der Waals surface area contributed by atoms with E-state index in [1.165, 1.54) is 5.57 Å². The van der Waals surface area contributed by atoms with Gasteiger partial charge in [0, 0.05) is 0 Å². The molecule has 0 spiro atoms. The fourth-order valence-corrected chi connectivity index (χ4v) is 1.36. The fourth-order valence-electron chi connectivity index (χ4n) is 1.36. The van der Waals surface area contributed by atoms with Crippen molar-refractivity contribution in [2.24, 2.45) is 0 Å². The van der Waals surface area contributed by atoms with Crippen LogP contribution in [0.25, 0.3) is 0 Å². The van der Waals surface area contributed by atoms with Gasteiger partial charge in [-0.3, -0.25) is 0 Å². The van der Waals surface area contributed by atoms with Crippen LogP contribution in [-0.2, 0) is 0 Å². The molecule has 0 bridgehead atoms. The predicted molar refractivity (Wildman–Crippen MR) is 45.8 cm³/mol. The van der Waals surface area contributed by atoms with Crippen LogP contribution in [0.5, 0.6) is 0 Å². The first kappa shape index (κ1) is 7.81. The summed E-state index contributed by atoms with van der Waals surface area (Å²) in [5.41, 5.74) is 3.10. The Morgan fingerprint density at radius 3 is 2.73 bits per heavy atom. The molecular formula is C10H11N. The summed E-state index contributed by atoms with van der Waals surface area (Å²) in [6, 6.07) is 2.21. The molecule has 0 heterocycles. The molecule has 0 atom stereocenters. The lowest BCUT2D eigenvalue weighted by Crippen LogP contribution is -1.78. The molecule has 11 heavy (non-hydrogen) atoms. The van der Waals surface area contributed by atoms with Gasteiger partial charge in [-0.15, -0.1) is 0 Å². The molecule has 0 aromatic carbocycles. The van der Waals surface area contributed by atoms with E-state index in [2.05, 4.69) is 12.6 Å². The van der Waals surface area contributed by atoms with Crippen LogP contribution in [0.1, 0.15) is 19.8 Å². The number of hydrogen-bond donors (Lipinski definition) is 0. The first-order chi connectivity index (χ1) is 5.33. The van der Waals surface area contributed by atoms with Gasteiger partial charge in [0.2, 0.25) is 0 Å². The normalized spacial score (nSPS) is 20.5. The topological polar surface area (TPSA) is 23.8 Å². The molecule has 0 fully saturated rings. The summed E-state index contributed by atoms with van der Waals surface area (Å²) in [7, 11) is 0. The largest absolute Gasteiger partial charge is 0.192 e. The molecule has 56 valence electrons. The van der Waals surface area contributed by atoms with Gasteiger partial charge >= 0.3 is 0 Å². The van der Waals surface area contributed by atoms with Crippen molar-refractivity contribution in [1.29, 1.82) is 5.26 Å². The molecule has 0 N–H and O–H groups in total. The van der Waals surface area contributed by atoms with Crippen molar-refractivity contribution in [3.05, 3.63) is 35.5 Å². The van der Waals surface area contributed by atoms with Crippen LogP contribution in [-0.4, -0.2) is 0 Å². The van der Waals surface area contributed by atoms with E-state index in [4.69, 9.17) is 5.26 Å². The van der Waals surface area contributed by atoms with Gasteiger partial charge in [-0.1, -0.05) is 18.7 Å². The molecule has 0 unspecified atom stereocenters. The zero-order valence-electron chi connectivity index (χ0n) is 6.72. The lowest BCUT2D eigenvalue weighted by Gasteiger charge is -1.92. The average molecular weight is 145 g/mol. The Bertz CT molecular complexity index is 274. The van der Waals surface area contributed by atoms with Crippen LogP contribution in [0.2, 0.25) is 0 Å². The van der Waals surface area contributed by atoms with Gasteiger partial charge in [0.25, 0.3) is 0 Å². The molecule has 0 saturated carbocycles. The highest BCUT2D eigenvalue weighted by atomic mass is 14.3. The van der Waals surface area contributed by atoms with Gasteiger partial charge in [-0.05, 0) is 30.9 Å². The Morgan fingerprint density at radius 2 is 2.27 bits per heavy atom. The zero-order chi connectivity index (χ0) is 8.27. The van der Waals surface area contributed by atoms with Gasteiger partial charge in [0.1, 0.15) is 0 Å². The van der Waals surface area contributed by atoms with E-state index in [1.807, 2.05) is 13.0 Å². The van der Waals surface area contributed by atoms with Gasteiger partial charge < -0.3 is 0 Å². The highest BCUT2D eigenvalue weighted by Gasteiger charge is 2.15. The van der Waals surface area contributed by atoms with E-state index < -0.39 is 0 Å². The molecule has 1 nitrogen and oxygen atoms in total. The van der Waals surface area contributed by atoms with Crippen molar-refractivity contribution in [2.45, 2.75) is 19.8 Å². The van der Waals surface area contributed by atoms with Crippen molar-refractivity contribution in [2.75, 3.05) is 0 Å². The highest BCUT2D eigenvalue weighted by molar-refractivity contribution is 5.52. The summed E-state index contributed by atoms with van der Waals surface area (Å²) in [6.45, 7) is 5.64. The van der Waals surface area contributed by atoms with Crippen LogP contribution in [0.15, 0.2) is 35.5 Å². The van der Waals surface area contributed by atoms with Crippen molar-refractivity contribution in [3.63, 3.8) is 0 Å². The van der Waals surface area contributed by atoms with E-state index in [0.29, 0.717) is 0 Å².